The number of carboxylic acid groups (broad SMARTS) is 1. The quantitative estimate of drug-likeness (QED) is 0.804. The second kappa shape index (κ2) is 5.96. The van der Waals surface area contributed by atoms with Gasteiger partial charge in [-0.3, -0.25) is 4.79 Å². The molecule has 1 rings (SSSR count). The lowest BCUT2D eigenvalue weighted by atomic mass is 10.1. The molecule has 1 heterocycles. The number of hydrogen-bond donors (Lipinski definition) is 2. The molecule has 5 heteroatoms. The van der Waals surface area contributed by atoms with Crippen LogP contribution in [0.4, 0.5) is 0 Å². The SMILES string of the molecule is Cc1csc(C(C)NC(C)CCC(=O)O)n1. The first-order valence-electron chi connectivity index (χ1n) is 5.39. The van der Waals surface area contributed by atoms with Crippen LogP contribution in [0.15, 0.2) is 5.38 Å². The zero-order valence-corrected chi connectivity index (χ0v) is 10.7. The summed E-state index contributed by atoms with van der Waals surface area (Å²) in [5.74, 6) is -0.744. The summed E-state index contributed by atoms with van der Waals surface area (Å²) >= 11 is 1.63. The van der Waals surface area contributed by atoms with Gasteiger partial charge in [0.2, 0.25) is 0 Å². The Balaban J connectivity index is 2.39. The number of aliphatic carboxylic acids is 1. The van der Waals surface area contributed by atoms with Crippen molar-refractivity contribution in [3.8, 4) is 0 Å². The Hall–Kier alpha value is -0.940. The molecule has 0 spiro atoms. The van der Waals surface area contributed by atoms with E-state index in [1.165, 1.54) is 0 Å². The van der Waals surface area contributed by atoms with Gasteiger partial charge in [0.1, 0.15) is 5.01 Å². The van der Waals surface area contributed by atoms with Crippen LogP contribution in [0.5, 0.6) is 0 Å². The summed E-state index contributed by atoms with van der Waals surface area (Å²) < 4.78 is 0. The Morgan fingerprint density at radius 2 is 2.31 bits per heavy atom. The normalized spacial score (nSPS) is 14.7. The van der Waals surface area contributed by atoms with Gasteiger partial charge >= 0.3 is 5.97 Å². The van der Waals surface area contributed by atoms with E-state index in [0.29, 0.717) is 6.42 Å². The number of carbonyl (C=O) groups is 1. The Morgan fingerprint density at radius 3 is 2.81 bits per heavy atom. The average molecular weight is 242 g/mol. The molecule has 2 unspecified atom stereocenters. The summed E-state index contributed by atoms with van der Waals surface area (Å²) in [4.78, 5) is 14.8. The van der Waals surface area contributed by atoms with Gasteiger partial charge in [-0.25, -0.2) is 4.98 Å². The summed E-state index contributed by atoms with van der Waals surface area (Å²) in [6.07, 6.45) is 0.849. The number of rotatable bonds is 6. The molecule has 0 aliphatic rings. The maximum atomic E-state index is 10.4. The largest absolute Gasteiger partial charge is 0.481 e. The van der Waals surface area contributed by atoms with Gasteiger partial charge in [0.25, 0.3) is 0 Å². The molecule has 0 bridgehead atoms. The molecule has 0 aromatic carbocycles. The van der Waals surface area contributed by atoms with E-state index in [-0.39, 0.29) is 18.5 Å². The fourth-order valence-electron chi connectivity index (χ4n) is 1.49. The molecule has 0 saturated carbocycles. The fourth-order valence-corrected chi connectivity index (χ4v) is 2.31. The van der Waals surface area contributed by atoms with E-state index in [9.17, 15) is 4.79 Å². The lowest BCUT2D eigenvalue weighted by Crippen LogP contribution is -2.29. The molecule has 0 saturated heterocycles. The molecule has 0 aliphatic heterocycles. The smallest absolute Gasteiger partial charge is 0.303 e. The monoisotopic (exact) mass is 242 g/mol. The Kier molecular flexibility index (Phi) is 4.89. The minimum absolute atomic E-state index is 0.183. The van der Waals surface area contributed by atoms with Crippen molar-refractivity contribution in [2.24, 2.45) is 0 Å². The number of hydrogen-bond acceptors (Lipinski definition) is 4. The van der Waals surface area contributed by atoms with Crippen molar-refractivity contribution >= 4 is 17.3 Å². The zero-order valence-electron chi connectivity index (χ0n) is 9.86. The highest BCUT2D eigenvalue weighted by Crippen LogP contribution is 2.18. The first-order valence-corrected chi connectivity index (χ1v) is 6.27. The van der Waals surface area contributed by atoms with E-state index < -0.39 is 5.97 Å². The fraction of sp³-hybridized carbons (Fsp3) is 0.636. The van der Waals surface area contributed by atoms with Gasteiger partial charge in [-0.15, -0.1) is 11.3 Å². The van der Waals surface area contributed by atoms with Crippen molar-refractivity contribution in [1.82, 2.24) is 10.3 Å². The Bertz CT molecular complexity index is 352. The van der Waals surface area contributed by atoms with Crippen LogP contribution in [0.2, 0.25) is 0 Å². The molecule has 1 aromatic heterocycles. The lowest BCUT2D eigenvalue weighted by Gasteiger charge is -2.17. The highest BCUT2D eigenvalue weighted by atomic mass is 32.1. The van der Waals surface area contributed by atoms with E-state index in [2.05, 4.69) is 17.2 Å². The number of thiazole rings is 1. The predicted octanol–water partition coefficient (Wildman–Crippen LogP) is 2.36. The summed E-state index contributed by atoms with van der Waals surface area (Å²) in [5, 5.41) is 15.0. The number of aryl methyl sites for hydroxylation is 1. The van der Waals surface area contributed by atoms with Crippen LogP contribution in [0.3, 0.4) is 0 Å². The van der Waals surface area contributed by atoms with Gasteiger partial charge in [-0.1, -0.05) is 0 Å². The van der Waals surface area contributed by atoms with Crippen molar-refractivity contribution < 1.29 is 9.90 Å². The second-order valence-corrected chi connectivity index (χ2v) is 4.94. The summed E-state index contributed by atoms with van der Waals surface area (Å²) in [7, 11) is 0. The molecular formula is C11H18N2O2S. The van der Waals surface area contributed by atoms with E-state index in [0.717, 1.165) is 10.7 Å². The average Bonchev–Trinajstić information content (AvgIpc) is 2.62. The van der Waals surface area contributed by atoms with Gasteiger partial charge < -0.3 is 10.4 Å². The summed E-state index contributed by atoms with van der Waals surface area (Å²) in [6, 6.07) is 0.373. The third kappa shape index (κ3) is 4.28. The molecule has 16 heavy (non-hydrogen) atoms. The maximum absolute atomic E-state index is 10.4. The minimum atomic E-state index is -0.744. The molecule has 4 nitrogen and oxygen atoms in total. The molecule has 0 radical (unpaired) electrons. The topological polar surface area (TPSA) is 62.2 Å². The highest BCUT2D eigenvalue weighted by molar-refractivity contribution is 7.09. The molecule has 0 amide bonds. The number of nitrogens with zero attached hydrogens (tertiary/aromatic N) is 1. The number of aromatic nitrogens is 1. The molecule has 90 valence electrons. The Labute approximate surface area is 99.7 Å². The van der Waals surface area contributed by atoms with E-state index >= 15 is 0 Å². The maximum Gasteiger partial charge on any atom is 0.303 e. The predicted molar refractivity (Wildman–Crippen MR) is 64.7 cm³/mol. The van der Waals surface area contributed by atoms with Crippen LogP contribution in [0.1, 0.15) is 43.4 Å². The van der Waals surface area contributed by atoms with Gasteiger partial charge in [0.15, 0.2) is 0 Å². The van der Waals surface area contributed by atoms with Crippen LogP contribution >= 0.6 is 11.3 Å². The van der Waals surface area contributed by atoms with E-state index in [1.54, 1.807) is 11.3 Å². The molecule has 0 aliphatic carbocycles. The summed E-state index contributed by atoms with van der Waals surface area (Å²) in [6.45, 7) is 6.02. The minimum Gasteiger partial charge on any atom is -0.481 e. The van der Waals surface area contributed by atoms with Crippen molar-refractivity contribution in [3.05, 3.63) is 16.1 Å². The van der Waals surface area contributed by atoms with Crippen LogP contribution in [-0.2, 0) is 4.79 Å². The first kappa shape index (κ1) is 13.1. The number of nitrogens with one attached hydrogen (secondary N) is 1. The van der Waals surface area contributed by atoms with Crippen molar-refractivity contribution in [2.45, 2.75) is 45.7 Å². The third-order valence-electron chi connectivity index (χ3n) is 2.33. The van der Waals surface area contributed by atoms with Crippen LogP contribution in [-0.4, -0.2) is 22.1 Å². The number of carboxylic acids is 1. The van der Waals surface area contributed by atoms with Crippen molar-refractivity contribution in [2.75, 3.05) is 0 Å². The molecular weight excluding hydrogens is 224 g/mol. The van der Waals surface area contributed by atoms with E-state index in [1.807, 2.05) is 19.2 Å². The first-order chi connectivity index (χ1) is 7.49. The van der Waals surface area contributed by atoms with Gasteiger partial charge in [-0.05, 0) is 27.2 Å². The second-order valence-electron chi connectivity index (χ2n) is 4.05. The lowest BCUT2D eigenvalue weighted by molar-refractivity contribution is -0.137. The zero-order chi connectivity index (χ0) is 12.1. The van der Waals surface area contributed by atoms with Crippen LogP contribution < -0.4 is 5.32 Å². The van der Waals surface area contributed by atoms with Crippen LogP contribution in [0, 0.1) is 6.92 Å². The van der Waals surface area contributed by atoms with Crippen LogP contribution in [0.25, 0.3) is 0 Å². The van der Waals surface area contributed by atoms with E-state index in [4.69, 9.17) is 5.11 Å². The Morgan fingerprint density at radius 1 is 1.62 bits per heavy atom. The van der Waals surface area contributed by atoms with Crippen molar-refractivity contribution in [3.63, 3.8) is 0 Å². The third-order valence-corrected chi connectivity index (χ3v) is 3.48. The van der Waals surface area contributed by atoms with Crippen molar-refractivity contribution in [1.29, 1.82) is 0 Å². The molecule has 1 aromatic rings. The van der Waals surface area contributed by atoms with Gasteiger partial charge in [0.05, 0.1) is 6.04 Å². The molecule has 0 fully saturated rings. The molecule has 2 atom stereocenters. The standard InChI is InChI=1S/C11H18N2O2S/c1-7(4-5-10(14)15)12-9(3)11-13-8(2)6-16-11/h6-7,9,12H,4-5H2,1-3H3,(H,14,15). The highest BCUT2D eigenvalue weighted by Gasteiger charge is 2.13. The molecule has 2 N–H and O–H groups in total. The van der Waals surface area contributed by atoms with Gasteiger partial charge in [0, 0.05) is 23.5 Å². The summed E-state index contributed by atoms with van der Waals surface area (Å²) in [5.41, 5.74) is 1.03. The van der Waals surface area contributed by atoms with Gasteiger partial charge in [-0.2, -0.15) is 0 Å².